The Balaban J connectivity index is 1.89. The van der Waals surface area contributed by atoms with E-state index in [2.05, 4.69) is 10.1 Å². The van der Waals surface area contributed by atoms with Crippen LogP contribution < -0.4 is 10.1 Å². The van der Waals surface area contributed by atoms with Gasteiger partial charge < -0.3 is 15.0 Å². The second kappa shape index (κ2) is 5.60. The summed E-state index contributed by atoms with van der Waals surface area (Å²) in [6.07, 6.45) is -2.70. The molecule has 1 aromatic rings. The van der Waals surface area contributed by atoms with Crippen molar-refractivity contribution in [2.75, 3.05) is 18.9 Å². The van der Waals surface area contributed by atoms with E-state index < -0.39 is 6.36 Å². The highest BCUT2D eigenvalue weighted by Crippen LogP contribution is 2.26. The molecule has 0 saturated heterocycles. The van der Waals surface area contributed by atoms with E-state index in [1.165, 1.54) is 18.2 Å². The minimum Gasteiger partial charge on any atom is -0.406 e. The molecule has 1 amide bonds. The molecule has 20 heavy (non-hydrogen) atoms. The Morgan fingerprint density at radius 3 is 2.75 bits per heavy atom. The van der Waals surface area contributed by atoms with Crippen LogP contribution in [-0.2, 0) is 4.79 Å². The quantitative estimate of drug-likeness (QED) is 0.905. The van der Waals surface area contributed by atoms with Gasteiger partial charge in [-0.2, -0.15) is 0 Å². The molecule has 0 bridgehead atoms. The van der Waals surface area contributed by atoms with Crippen molar-refractivity contribution < 1.29 is 22.7 Å². The summed E-state index contributed by atoms with van der Waals surface area (Å²) in [6, 6.07) is 5.73. The monoisotopic (exact) mass is 288 g/mol. The van der Waals surface area contributed by atoms with Gasteiger partial charge in [-0.05, 0) is 25.0 Å². The smallest absolute Gasteiger partial charge is 0.406 e. The van der Waals surface area contributed by atoms with Crippen molar-refractivity contribution in [2.45, 2.75) is 25.2 Å². The van der Waals surface area contributed by atoms with Crippen LogP contribution >= 0.6 is 0 Å². The molecular weight excluding hydrogens is 273 g/mol. The number of likely N-dealkylation sites (N-methyl/N-ethyl adjacent to an activating group) is 1. The average Bonchev–Trinajstić information content (AvgIpc) is 3.17. The number of ether oxygens (including phenoxy) is 1. The molecule has 1 aliphatic carbocycles. The third kappa shape index (κ3) is 4.32. The molecule has 0 aromatic heterocycles. The van der Waals surface area contributed by atoms with Gasteiger partial charge in [0.15, 0.2) is 0 Å². The zero-order chi connectivity index (χ0) is 14.8. The van der Waals surface area contributed by atoms with Crippen molar-refractivity contribution in [3.8, 4) is 5.75 Å². The van der Waals surface area contributed by atoms with E-state index in [1.807, 2.05) is 0 Å². The highest BCUT2D eigenvalue weighted by atomic mass is 19.4. The van der Waals surface area contributed by atoms with Crippen LogP contribution in [0.4, 0.5) is 18.9 Å². The van der Waals surface area contributed by atoms with Gasteiger partial charge in [0.1, 0.15) is 5.75 Å². The maximum absolute atomic E-state index is 12.1. The van der Waals surface area contributed by atoms with Gasteiger partial charge in [-0.25, -0.2) is 0 Å². The fourth-order valence-electron chi connectivity index (χ4n) is 1.77. The summed E-state index contributed by atoms with van der Waals surface area (Å²) in [5.74, 6) is -0.403. The molecule has 1 N–H and O–H groups in total. The fraction of sp³-hybridized carbons (Fsp3) is 0.462. The number of carbonyl (C=O) groups excluding carboxylic acids is 1. The van der Waals surface area contributed by atoms with E-state index in [0.717, 1.165) is 12.8 Å². The van der Waals surface area contributed by atoms with Crippen LogP contribution in [0.3, 0.4) is 0 Å². The molecule has 110 valence electrons. The Bertz CT molecular complexity index is 487. The van der Waals surface area contributed by atoms with Crippen molar-refractivity contribution in [3.05, 3.63) is 24.3 Å². The van der Waals surface area contributed by atoms with Crippen molar-refractivity contribution in [2.24, 2.45) is 0 Å². The van der Waals surface area contributed by atoms with E-state index in [4.69, 9.17) is 0 Å². The second-order valence-electron chi connectivity index (χ2n) is 4.67. The second-order valence-corrected chi connectivity index (χ2v) is 4.67. The van der Waals surface area contributed by atoms with Gasteiger partial charge in [-0.3, -0.25) is 4.79 Å². The van der Waals surface area contributed by atoms with Crippen LogP contribution in [0.15, 0.2) is 24.3 Å². The Kier molecular flexibility index (Phi) is 4.06. The van der Waals surface area contributed by atoms with Crippen molar-refractivity contribution in [1.82, 2.24) is 4.90 Å². The fourth-order valence-corrected chi connectivity index (χ4v) is 1.77. The lowest BCUT2D eigenvalue weighted by Gasteiger charge is -2.17. The maximum atomic E-state index is 12.1. The summed E-state index contributed by atoms with van der Waals surface area (Å²) in [4.78, 5) is 13.4. The number of amides is 1. The molecule has 4 nitrogen and oxygen atoms in total. The van der Waals surface area contributed by atoms with Crippen LogP contribution in [0.25, 0.3) is 0 Å². The van der Waals surface area contributed by atoms with Gasteiger partial charge in [0.05, 0.1) is 6.54 Å². The first-order valence-corrected chi connectivity index (χ1v) is 6.20. The predicted molar refractivity (Wildman–Crippen MR) is 67.4 cm³/mol. The molecule has 1 aliphatic rings. The SMILES string of the molecule is CN(C(=O)CNc1cccc(OC(F)(F)F)c1)C1CC1. The maximum Gasteiger partial charge on any atom is 0.573 e. The molecule has 1 saturated carbocycles. The Hall–Kier alpha value is -1.92. The van der Waals surface area contributed by atoms with Gasteiger partial charge in [0, 0.05) is 24.8 Å². The molecular formula is C13H15F3N2O2. The number of carbonyl (C=O) groups is 1. The summed E-state index contributed by atoms with van der Waals surface area (Å²) in [5.41, 5.74) is 0.407. The third-order valence-electron chi connectivity index (χ3n) is 3.00. The Labute approximate surface area is 114 Å². The number of nitrogens with one attached hydrogen (secondary N) is 1. The van der Waals surface area contributed by atoms with Gasteiger partial charge in [-0.1, -0.05) is 6.07 Å². The van der Waals surface area contributed by atoms with Crippen LogP contribution in [0, 0.1) is 0 Å². The molecule has 0 radical (unpaired) electrons. The summed E-state index contributed by atoms with van der Waals surface area (Å²) in [7, 11) is 1.73. The zero-order valence-electron chi connectivity index (χ0n) is 10.9. The van der Waals surface area contributed by atoms with Crippen molar-refractivity contribution >= 4 is 11.6 Å². The minimum absolute atomic E-state index is 0.0441. The van der Waals surface area contributed by atoms with Gasteiger partial charge >= 0.3 is 6.36 Å². The number of benzene rings is 1. The van der Waals surface area contributed by atoms with Crippen LogP contribution in [0.5, 0.6) is 5.75 Å². The number of anilines is 1. The Morgan fingerprint density at radius 1 is 1.45 bits per heavy atom. The Morgan fingerprint density at radius 2 is 2.15 bits per heavy atom. The molecule has 0 unspecified atom stereocenters. The van der Waals surface area contributed by atoms with Crippen molar-refractivity contribution in [1.29, 1.82) is 0 Å². The van der Waals surface area contributed by atoms with E-state index >= 15 is 0 Å². The molecule has 0 atom stereocenters. The van der Waals surface area contributed by atoms with E-state index in [0.29, 0.717) is 11.7 Å². The standard InChI is InChI=1S/C13H15F3N2O2/c1-18(10-5-6-10)12(19)8-17-9-3-2-4-11(7-9)20-13(14,15)16/h2-4,7,10,17H,5-6,8H2,1H3. The molecule has 0 aliphatic heterocycles. The molecule has 0 spiro atoms. The lowest BCUT2D eigenvalue weighted by atomic mass is 10.3. The highest BCUT2D eigenvalue weighted by Gasteiger charge is 2.31. The zero-order valence-corrected chi connectivity index (χ0v) is 10.9. The first kappa shape index (κ1) is 14.5. The first-order valence-electron chi connectivity index (χ1n) is 6.20. The number of hydrogen-bond acceptors (Lipinski definition) is 3. The third-order valence-corrected chi connectivity index (χ3v) is 3.00. The summed E-state index contributed by atoms with van der Waals surface area (Å²) >= 11 is 0. The van der Waals surface area contributed by atoms with Gasteiger partial charge in [-0.15, -0.1) is 13.2 Å². The van der Waals surface area contributed by atoms with Gasteiger partial charge in [0.2, 0.25) is 5.91 Å². The number of rotatable bonds is 5. The summed E-state index contributed by atoms with van der Waals surface area (Å²) in [5, 5.41) is 2.80. The molecule has 1 fully saturated rings. The topological polar surface area (TPSA) is 41.6 Å². The lowest BCUT2D eigenvalue weighted by Crippen LogP contribution is -2.33. The molecule has 0 heterocycles. The normalized spacial score (nSPS) is 14.8. The van der Waals surface area contributed by atoms with Crippen LogP contribution in [0.2, 0.25) is 0 Å². The first-order chi connectivity index (χ1) is 9.35. The number of hydrogen-bond donors (Lipinski definition) is 1. The predicted octanol–water partition coefficient (Wildman–Crippen LogP) is 2.62. The molecule has 2 rings (SSSR count). The largest absolute Gasteiger partial charge is 0.573 e. The summed E-state index contributed by atoms with van der Waals surface area (Å²) < 4.78 is 40.1. The van der Waals surface area contributed by atoms with Crippen molar-refractivity contribution in [3.63, 3.8) is 0 Å². The molecule has 7 heteroatoms. The number of halogens is 3. The van der Waals surface area contributed by atoms with Gasteiger partial charge in [0.25, 0.3) is 0 Å². The van der Waals surface area contributed by atoms with Crippen LogP contribution in [0.1, 0.15) is 12.8 Å². The average molecular weight is 288 g/mol. The van der Waals surface area contributed by atoms with E-state index in [9.17, 15) is 18.0 Å². The van der Waals surface area contributed by atoms with Crippen LogP contribution in [-0.4, -0.2) is 36.8 Å². The van der Waals surface area contributed by atoms with E-state index in [-0.39, 0.29) is 18.2 Å². The number of alkyl halides is 3. The van der Waals surface area contributed by atoms with E-state index in [1.54, 1.807) is 18.0 Å². The minimum atomic E-state index is -4.72. The highest BCUT2D eigenvalue weighted by molar-refractivity contribution is 5.81. The lowest BCUT2D eigenvalue weighted by molar-refractivity contribution is -0.274. The molecule has 1 aromatic carbocycles. The summed E-state index contributed by atoms with van der Waals surface area (Å²) in [6.45, 7) is 0.0441. The number of nitrogens with zero attached hydrogens (tertiary/aromatic N) is 1.